The Morgan fingerprint density at radius 1 is 1.21 bits per heavy atom. The van der Waals surface area contributed by atoms with Gasteiger partial charge in [0.25, 0.3) is 5.91 Å². The van der Waals surface area contributed by atoms with Gasteiger partial charge in [-0.15, -0.1) is 0 Å². The van der Waals surface area contributed by atoms with Gasteiger partial charge in [0, 0.05) is 25.9 Å². The number of carbonyl (C=O) groups excluding carboxylic acids is 1. The van der Waals surface area contributed by atoms with Crippen molar-refractivity contribution in [2.45, 2.75) is 31.4 Å². The number of hydrogen-bond acceptors (Lipinski definition) is 5. The summed E-state index contributed by atoms with van der Waals surface area (Å²) < 4.78 is 19.9. The largest absolute Gasteiger partial charge is 0.376 e. The molecule has 150 valence electrons. The number of likely N-dealkylation sites (tertiary alicyclic amines) is 1. The molecule has 2 atom stereocenters. The molecule has 2 aliphatic rings. The predicted molar refractivity (Wildman–Crippen MR) is 106 cm³/mol. The highest BCUT2D eigenvalue weighted by Gasteiger charge is 2.37. The van der Waals surface area contributed by atoms with Crippen LogP contribution in [0.15, 0.2) is 42.6 Å². The Morgan fingerprint density at radius 3 is 2.69 bits per heavy atom. The molecular formula is C22H23FN4O2. The minimum Gasteiger partial charge on any atom is -0.376 e. The van der Waals surface area contributed by atoms with Crippen LogP contribution in [0, 0.1) is 23.1 Å². The Hall–Kier alpha value is -2.98. The third-order valence-corrected chi connectivity index (χ3v) is 5.76. The molecule has 29 heavy (non-hydrogen) atoms. The van der Waals surface area contributed by atoms with Crippen molar-refractivity contribution in [2.24, 2.45) is 5.92 Å². The summed E-state index contributed by atoms with van der Waals surface area (Å²) in [4.78, 5) is 18.6. The number of hydrogen-bond donors (Lipinski definition) is 1. The summed E-state index contributed by atoms with van der Waals surface area (Å²) in [7, 11) is 0. The Morgan fingerprint density at radius 2 is 2.00 bits per heavy atom. The number of benzene rings is 1. The first-order valence-corrected chi connectivity index (χ1v) is 9.94. The molecule has 4 rings (SSSR count). The number of aromatic nitrogens is 1. The number of ether oxygens (including phenoxy) is 1. The lowest BCUT2D eigenvalue weighted by Gasteiger charge is -2.36. The molecule has 0 spiro atoms. The number of piperidine rings is 1. The van der Waals surface area contributed by atoms with Gasteiger partial charge in [0.2, 0.25) is 0 Å². The molecule has 1 amide bonds. The van der Waals surface area contributed by atoms with Crippen LogP contribution in [-0.2, 0) is 4.74 Å². The Kier molecular flexibility index (Phi) is 5.72. The number of pyridine rings is 1. The van der Waals surface area contributed by atoms with Crippen molar-refractivity contribution < 1.29 is 13.9 Å². The highest BCUT2D eigenvalue weighted by atomic mass is 19.1. The van der Waals surface area contributed by atoms with Crippen LogP contribution in [0.3, 0.4) is 0 Å². The molecule has 0 aliphatic carbocycles. The van der Waals surface area contributed by atoms with Gasteiger partial charge >= 0.3 is 0 Å². The average molecular weight is 394 g/mol. The summed E-state index contributed by atoms with van der Waals surface area (Å²) >= 11 is 0. The van der Waals surface area contributed by atoms with Gasteiger partial charge in [0.15, 0.2) is 0 Å². The van der Waals surface area contributed by atoms with Gasteiger partial charge in [0.05, 0.1) is 23.3 Å². The van der Waals surface area contributed by atoms with Crippen LogP contribution < -0.4 is 5.32 Å². The SMILES string of the molecule is N#Cc1ccc(N[C@@H]2CCO[C@H]2C2CCN(C(=O)c3ccccc3F)CC2)nc1. The maximum atomic E-state index is 13.9. The zero-order valence-corrected chi connectivity index (χ0v) is 16.1. The number of nitrogens with one attached hydrogen (secondary N) is 1. The maximum absolute atomic E-state index is 13.9. The molecule has 0 unspecified atom stereocenters. The van der Waals surface area contributed by atoms with Gasteiger partial charge in [-0.3, -0.25) is 4.79 Å². The monoisotopic (exact) mass is 394 g/mol. The van der Waals surface area contributed by atoms with Crippen molar-refractivity contribution in [3.8, 4) is 6.07 Å². The molecule has 0 bridgehead atoms. The molecule has 2 aliphatic heterocycles. The van der Waals surface area contributed by atoms with Crippen molar-refractivity contribution in [1.29, 1.82) is 5.26 Å². The molecule has 0 radical (unpaired) electrons. The van der Waals surface area contributed by atoms with E-state index in [4.69, 9.17) is 10.00 Å². The van der Waals surface area contributed by atoms with E-state index in [1.807, 2.05) is 6.07 Å². The van der Waals surface area contributed by atoms with Crippen molar-refractivity contribution >= 4 is 11.7 Å². The van der Waals surface area contributed by atoms with Crippen LogP contribution in [0.5, 0.6) is 0 Å². The van der Waals surface area contributed by atoms with Crippen LogP contribution in [0.1, 0.15) is 35.2 Å². The molecule has 3 heterocycles. The van der Waals surface area contributed by atoms with Gasteiger partial charge in [-0.05, 0) is 49.4 Å². The van der Waals surface area contributed by atoms with E-state index in [1.165, 1.54) is 12.1 Å². The van der Waals surface area contributed by atoms with Crippen LogP contribution >= 0.6 is 0 Å². The van der Waals surface area contributed by atoms with Crippen LogP contribution in [0.4, 0.5) is 10.2 Å². The average Bonchev–Trinajstić information content (AvgIpc) is 3.22. The molecule has 1 aromatic carbocycles. The standard InChI is InChI=1S/C22H23FN4O2/c23-18-4-2-1-3-17(18)22(28)27-10-7-16(8-11-27)21-19(9-12-29-21)26-20-6-5-15(13-24)14-25-20/h1-6,14,16,19,21H,7-12H2,(H,25,26)/t19-,21+/m1/s1. The van der Waals surface area contributed by atoms with Gasteiger partial charge in [0.1, 0.15) is 17.7 Å². The normalized spacial score (nSPS) is 22.3. The first-order chi connectivity index (χ1) is 14.2. The molecular weight excluding hydrogens is 371 g/mol. The molecule has 2 fully saturated rings. The number of halogens is 1. The smallest absolute Gasteiger partial charge is 0.256 e. The van der Waals surface area contributed by atoms with Crippen LogP contribution in [0.2, 0.25) is 0 Å². The Balaban J connectivity index is 1.35. The fraction of sp³-hybridized carbons (Fsp3) is 0.409. The number of anilines is 1. The zero-order valence-electron chi connectivity index (χ0n) is 16.1. The lowest BCUT2D eigenvalue weighted by atomic mass is 9.87. The van der Waals surface area contributed by atoms with E-state index in [9.17, 15) is 9.18 Å². The van der Waals surface area contributed by atoms with Gasteiger partial charge < -0.3 is 15.0 Å². The van der Waals surface area contributed by atoms with E-state index in [0.717, 1.165) is 25.1 Å². The molecule has 1 aromatic heterocycles. The number of nitriles is 1. The second-order valence-electron chi connectivity index (χ2n) is 7.53. The number of rotatable bonds is 4. The Labute approximate surface area is 169 Å². The van der Waals surface area contributed by atoms with Crippen molar-refractivity contribution in [3.05, 3.63) is 59.5 Å². The lowest BCUT2D eigenvalue weighted by molar-refractivity contribution is 0.0259. The van der Waals surface area contributed by atoms with Gasteiger partial charge in [-0.25, -0.2) is 9.37 Å². The van der Waals surface area contributed by atoms with Crippen LogP contribution in [0.25, 0.3) is 0 Å². The third-order valence-electron chi connectivity index (χ3n) is 5.76. The first-order valence-electron chi connectivity index (χ1n) is 9.94. The minimum atomic E-state index is -0.474. The molecule has 7 heteroatoms. The van der Waals surface area contributed by atoms with Crippen LogP contribution in [-0.4, -0.2) is 47.6 Å². The van der Waals surface area contributed by atoms with E-state index < -0.39 is 5.82 Å². The highest BCUT2D eigenvalue weighted by Crippen LogP contribution is 2.31. The maximum Gasteiger partial charge on any atom is 0.256 e. The molecule has 0 saturated carbocycles. The van der Waals surface area contributed by atoms with Gasteiger partial charge in [-0.2, -0.15) is 5.26 Å². The molecule has 1 N–H and O–H groups in total. The number of nitrogens with zero attached hydrogens (tertiary/aromatic N) is 3. The van der Waals surface area contributed by atoms with Gasteiger partial charge in [-0.1, -0.05) is 12.1 Å². The summed E-state index contributed by atoms with van der Waals surface area (Å²) in [5.41, 5.74) is 0.663. The van der Waals surface area contributed by atoms with Crippen molar-refractivity contribution in [1.82, 2.24) is 9.88 Å². The summed E-state index contributed by atoms with van der Waals surface area (Å²) in [6, 6.07) is 11.9. The quantitative estimate of drug-likeness (QED) is 0.862. The lowest BCUT2D eigenvalue weighted by Crippen LogP contribution is -2.44. The van der Waals surface area contributed by atoms with E-state index in [-0.39, 0.29) is 23.6 Å². The topological polar surface area (TPSA) is 78.2 Å². The fourth-order valence-corrected chi connectivity index (χ4v) is 4.20. The second kappa shape index (κ2) is 8.58. The highest BCUT2D eigenvalue weighted by molar-refractivity contribution is 5.94. The van der Waals surface area contributed by atoms with Crippen molar-refractivity contribution in [2.75, 3.05) is 25.0 Å². The van der Waals surface area contributed by atoms with E-state index in [1.54, 1.807) is 29.3 Å². The first kappa shape index (κ1) is 19.3. The molecule has 6 nitrogen and oxygen atoms in total. The predicted octanol–water partition coefficient (Wildman–Crippen LogP) is 3.21. The summed E-state index contributed by atoms with van der Waals surface area (Å²) in [5.74, 6) is 0.345. The molecule has 2 aromatic rings. The van der Waals surface area contributed by atoms with E-state index in [0.29, 0.717) is 31.2 Å². The second-order valence-corrected chi connectivity index (χ2v) is 7.53. The fourth-order valence-electron chi connectivity index (χ4n) is 4.20. The molecule has 2 saturated heterocycles. The minimum absolute atomic E-state index is 0.0538. The Bertz CT molecular complexity index is 904. The summed E-state index contributed by atoms with van der Waals surface area (Å²) in [6.07, 6.45) is 4.15. The van der Waals surface area contributed by atoms with Crippen molar-refractivity contribution in [3.63, 3.8) is 0 Å². The zero-order chi connectivity index (χ0) is 20.2. The summed E-state index contributed by atoms with van der Waals surface area (Å²) in [5, 5.41) is 12.3. The van der Waals surface area contributed by atoms with E-state index >= 15 is 0 Å². The summed E-state index contributed by atoms with van der Waals surface area (Å²) in [6.45, 7) is 1.88. The number of amides is 1. The third kappa shape index (κ3) is 4.22. The van der Waals surface area contributed by atoms with E-state index in [2.05, 4.69) is 16.4 Å². The number of carbonyl (C=O) groups is 1.